The maximum Gasteiger partial charge on any atom is 0.410 e. The van der Waals surface area contributed by atoms with Gasteiger partial charge in [0.2, 0.25) is 5.91 Å². The van der Waals surface area contributed by atoms with Gasteiger partial charge in [-0.05, 0) is 20.8 Å². The summed E-state index contributed by atoms with van der Waals surface area (Å²) in [5, 5.41) is 0. The summed E-state index contributed by atoms with van der Waals surface area (Å²) in [5.41, 5.74) is 5.00. The lowest BCUT2D eigenvalue weighted by atomic mass is 10.1. The first-order valence-electron chi connectivity index (χ1n) is 6.71. The Morgan fingerprint density at radius 2 is 1.63 bits per heavy atom. The molecule has 1 saturated heterocycles. The molecule has 0 saturated carbocycles. The monoisotopic (exact) mass is 271 g/mol. The first kappa shape index (κ1) is 15.8. The number of nitrogens with two attached hydrogens (primary N) is 1. The zero-order valence-electron chi connectivity index (χ0n) is 12.3. The molecule has 0 bridgehead atoms. The molecule has 1 atom stereocenters. The van der Waals surface area contributed by atoms with Gasteiger partial charge in [-0.3, -0.25) is 4.79 Å². The van der Waals surface area contributed by atoms with Crippen molar-refractivity contribution in [3.05, 3.63) is 0 Å². The molecule has 2 N–H and O–H groups in total. The van der Waals surface area contributed by atoms with Crippen molar-refractivity contribution in [3.8, 4) is 0 Å². The van der Waals surface area contributed by atoms with Crippen LogP contribution >= 0.6 is 0 Å². The van der Waals surface area contributed by atoms with Crippen molar-refractivity contribution in [3.63, 3.8) is 0 Å². The molecule has 110 valence electrons. The van der Waals surface area contributed by atoms with Gasteiger partial charge in [0, 0.05) is 38.6 Å². The Hall–Kier alpha value is -1.30. The zero-order chi connectivity index (χ0) is 14.6. The van der Waals surface area contributed by atoms with Gasteiger partial charge >= 0.3 is 6.09 Å². The summed E-state index contributed by atoms with van der Waals surface area (Å²) in [4.78, 5) is 27.2. The number of amides is 2. The van der Waals surface area contributed by atoms with Crippen molar-refractivity contribution in [2.75, 3.05) is 32.7 Å². The van der Waals surface area contributed by atoms with Crippen LogP contribution in [0.25, 0.3) is 0 Å². The van der Waals surface area contributed by atoms with Crippen LogP contribution in [0.1, 0.15) is 27.7 Å². The topological polar surface area (TPSA) is 75.9 Å². The van der Waals surface area contributed by atoms with E-state index in [0.717, 1.165) is 0 Å². The highest BCUT2D eigenvalue weighted by Crippen LogP contribution is 2.12. The van der Waals surface area contributed by atoms with Crippen molar-refractivity contribution >= 4 is 12.0 Å². The van der Waals surface area contributed by atoms with E-state index in [0.29, 0.717) is 32.7 Å². The van der Waals surface area contributed by atoms with Gasteiger partial charge in [0.15, 0.2) is 0 Å². The van der Waals surface area contributed by atoms with Gasteiger partial charge in [0.05, 0.1) is 0 Å². The van der Waals surface area contributed by atoms with Crippen molar-refractivity contribution in [1.82, 2.24) is 9.80 Å². The summed E-state index contributed by atoms with van der Waals surface area (Å²) >= 11 is 0. The third-order valence-electron chi connectivity index (χ3n) is 3.02. The van der Waals surface area contributed by atoms with E-state index < -0.39 is 5.60 Å². The first-order valence-corrected chi connectivity index (χ1v) is 6.71. The third kappa shape index (κ3) is 4.70. The van der Waals surface area contributed by atoms with Crippen LogP contribution in [0.2, 0.25) is 0 Å². The number of ether oxygens (including phenoxy) is 1. The number of carbonyl (C=O) groups excluding carboxylic acids is 2. The van der Waals surface area contributed by atoms with Crippen LogP contribution in [0.4, 0.5) is 4.79 Å². The molecule has 0 aromatic heterocycles. The molecule has 1 aliphatic heterocycles. The van der Waals surface area contributed by atoms with Crippen LogP contribution in [-0.2, 0) is 9.53 Å². The SMILES string of the molecule is C[C@H](CN)C(=O)N1CCN(C(=O)OC(C)(C)C)CC1. The molecule has 0 radical (unpaired) electrons. The van der Waals surface area contributed by atoms with Crippen molar-refractivity contribution < 1.29 is 14.3 Å². The van der Waals surface area contributed by atoms with Gasteiger partial charge in [0.1, 0.15) is 5.60 Å². The fraction of sp³-hybridized carbons (Fsp3) is 0.846. The highest BCUT2D eigenvalue weighted by atomic mass is 16.6. The van der Waals surface area contributed by atoms with E-state index in [2.05, 4.69) is 0 Å². The number of hydrogen-bond acceptors (Lipinski definition) is 4. The van der Waals surface area contributed by atoms with Crippen LogP contribution in [0.15, 0.2) is 0 Å². The second kappa shape index (κ2) is 6.23. The standard InChI is InChI=1S/C13H25N3O3/c1-10(9-14)11(17)15-5-7-16(8-6-15)12(18)19-13(2,3)4/h10H,5-9,14H2,1-4H3/t10-/m1/s1. The first-order chi connectivity index (χ1) is 8.74. The number of piperazine rings is 1. The van der Waals surface area contributed by atoms with Crippen LogP contribution < -0.4 is 5.73 Å². The normalized spacial score (nSPS) is 18.2. The summed E-state index contributed by atoms with van der Waals surface area (Å²) in [7, 11) is 0. The average molecular weight is 271 g/mol. The van der Waals surface area contributed by atoms with Gasteiger partial charge < -0.3 is 20.3 Å². The van der Waals surface area contributed by atoms with Gasteiger partial charge in [0.25, 0.3) is 0 Å². The third-order valence-corrected chi connectivity index (χ3v) is 3.02. The molecule has 1 heterocycles. The maximum atomic E-state index is 11.9. The van der Waals surface area contributed by atoms with E-state index in [1.807, 2.05) is 27.7 Å². The van der Waals surface area contributed by atoms with Crippen LogP contribution in [0.5, 0.6) is 0 Å². The minimum Gasteiger partial charge on any atom is -0.444 e. The summed E-state index contributed by atoms with van der Waals surface area (Å²) in [5.74, 6) is -0.0978. The molecular formula is C13H25N3O3. The lowest BCUT2D eigenvalue weighted by molar-refractivity contribution is -0.136. The Kier molecular flexibility index (Phi) is 5.17. The predicted octanol–water partition coefficient (Wildman–Crippen LogP) is 0.661. The van der Waals surface area contributed by atoms with Crippen LogP contribution in [-0.4, -0.2) is 60.1 Å². The second-order valence-corrected chi connectivity index (χ2v) is 5.93. The maximum absolute atomic E-state index is 11.9. The molecule has 0 spiro atoms. The van der Waals surface area contributed by atoms with Gasteiger partial charge in [-0.2, -0.15) is 0 Å². The molecule has 0 aliphatic carbocycles. The van der Waals surface area contributed by atoms with Gasteiger partial charge in [-0.25, -0.2) is 4.79 Å². The summed E-state index contributed by atoms with van der Waals surface area (Å²) in [6.07, 6.45) is -0.313. The van der Waals surface area contributed by atoms with Crippen LogP contribution in [0.3, 0.4) is 0 Å². The number of carbonyl (C=O) groups is 2. The fourth-order valence-electron chi connectivity index (χ4n) is 1.85. The average Bonchev–Trinajstić information content (AvgIpc) is 2.35. The molecule has 1 rings (SSSR count). The number of rotatable bonds is 2. The summed E-state index contributed by atoms with van der Waals surface area (Å²) in [6, 6.07) is 0. The number of hydrogen-bond donors (Lipinski definition) is 1. The lowest BCUT2D eigenvalue weighted by Crippen LogP contribution is -2.53. The van der Waals surface area contributed by atoms with Crippen molar-refractivity contribution in [1.29, 1.82) is 0 Å². The Morgan fingerprint density at radius 3 is 2.05 bits per heavy atom. The molecule has 1 aliphatic rings. The molecule has 0 aromatic rings. The van der Waals surface area contributed by atoms with Crippen LogP contribution in [0, 0.1) is 5.92 Å². The molecule has 6 nitrogen and oxygen atoms in total. The van der Waals surface area contributed by atoms with E-state index in [9.17, 15) is 9.59 Å². The molecule has 0 aromatic carbocycles. The van der Waals surface area contributed by atoms with E-state index in [1.165, 1.54) is 0 Å². The molecule has 2 amide bonds. The van der Waals surface area contributed by atoms with E-state index in [1.54, 1.807) is 9.80 Å². The Bertz CT molecular complexity index is 331. The van der Waals surface area contributed by atoms with Gasteiger partial charge in [-0.15, -0.1) is 0 Å². The van der Waals surface area contributed by atoms with Crippen molar-refractivity contribution in [2.45, 2.75) is 33.3 Å². The minimum atomic E-state index is -0.488. The molecular weight excluding hydrogens is 246 g/mol. The molecule has 0 unspecified atom stereocenters. The zero-order valence-corrected chi connectivity index (χ0v) is 12.3. The van der Waals surface area contributed by atoms with E-state index in [-0.39, 0.29) is 17.9 Å². The largest absolute Gasteiger partial charge is 0.444 e. The smallest absolute Gasteiger partial charge is 0.410 e. The molecule has 19 heavy (non-hydrogen) atoms. The Balaban J connectivity index is 2.45. The highest BCUT2D eigenvalue weighted by molar-refractivity contribution is 5.79. The van der Waals surface area contributed by atoms with E-state index in [4.69, 9.17) is 10.5 Å². The minimum absolute atomic E-state index is 0.0614. The second-order valence-electron chi connectivity index (χ2n) is 5.93. The summed E-state index contributed by atoms with van der Waals surface area (Å²) in [6.45, 7) is 9.81. The lowest BCUT2D eigenvalue weighted by Gasteiger charge is -2.36. The molecule has 1 fully saturated rings. The van der Waals surface area contributed by atoms with Crippen molar-refractivity contribution in [2.24, 2.45) is 11.7 Å². The fourth-order valence-corrected chi connectivity index (χ4v) is 1.85. The quantitative estimate of drug-likeness (QED) is 0.800. The Morgan fingerprint density at radius 1 is 1.16 bits per heavy atom. The summed E-state index contributed by atoms with van der Waals surface area (Å²) < 4.78 is 5.31. The molecule has 6 heteroatoms. The number of nitrogens with zero attached hydrogens (tertiary/aromatic N) is 2. The predicted molar refractivity (Wildman–Crippen MR) is 72.6 cm³/mol. The van der Waals surface area contributed by atoms with Gasteiger partial charge in [-0.1, -0.05) is 6.92 Å². The van der Waals surface area contributed by atoms with E-state index >= 15 is 0 Å². The highest BCUT2D eigenvalue weighted by Gasteiger charge is 2.28. The Labute approximate surface area is 114 Å².